The van der Waals surface area contributed by atoms with E-state index in [4.69, 9.17) is 0 Å². The summed E-state index contributed by atoms with van der Waals surface area (Å²) in [4.78, 5) is 14.8. The number of rotatable bonds is 3. The van der Waals surface area contributed by atoms with Gasteiger partial charge in [0.1, 0.15) is 0 Å². The summed E-state index contributed by atoms with van der Waals surface area (Å²) in [5, 5.41) is 13.6. The summed E-state index contributed by atoms with van der Waals surface area (Å²) in [5.74, 6) is 3.13. The van der Waals surface area contributed by atoms with Crippen LogP contribution < -0.4 is 10.5 Å². The molecule has 0 N–H and O–H groups in total. The van der Waals surface area contributed by atoms with Gasteiger partial charge in [-0.1, -0.05) is 0 Å². The van der Waals surface area contributed by atoms with Crippen LogP contribution in [-0.2, 0) is 31.6 Å². The van der Waals surface area contributed by atoms with E-state index in [2.05, 4.69) is 26.3 Å². The van der Waals surface area contributed by atoms with Gasteiger partial charge in [0, 0.05) is 24.8 Å². The Morgan fingerprint density at radius 3 is 3.00 bits per heavy atom. The number of aromatic nitrogens is 4. The van der Waals surface area contributed by atoms with Crippen molar-refractivity contribution in [2.24, 2.45) is 0 Å². The summed E-state index contributed by atoms with van der Waals surface area (Å²) in [5.41, 5.74) is 4.77. The van der Waals surface area contributed by atoms with E-state index in [0.29, 0.717) is 6.54 Å². The van der Waals surface area contributed by atoms with Gasteiger partial charge in [-0.15, -0.1) is 5.10 Å². The predicted molar refractivity (Wildman–Crippen MR) is 103 cm³/mol. The minimum atomic E-state index is 0.0328. The first-order valence-electron chi connectivity index (χ1n) is 9.58. The summed E-state index contributed by atoms with van der Waals surface area (Å²) in [6, 6.07) is 4.28. The third kappa shape index (κ3) is 2.92. The molecule has 1 unspecified atom stereocenters. The van der Waals surface area contributed by atoms with Crippen LogP contribution in [0.5, 0.6) is 0 Å². The molecule has 4 heterocycles. The number of anilines is 1. The van der Waals surface area contributed by atoms with Gasteiger partial charge in [0.15, 0.2) is 5.82 Å². The molecule has 6 nitrogen and oxygen atoms in total. The SMILES string of the molecule is O=c1cc2c(nn1CC1CCCN1c1cc3c(nn1)CCSC3)CCC2. The van der Waals surface area contributed by atoms with Crippen molar-refractivity contribution in [2.75, 3.05) is 17.2 Å². The average molecular weight is 369 g/mol. The molecule has 0 bridgehead atoms. The summed E-state index contributed by atoms with van der Waals surface area (Å²) >= 11 is 1.96. The van der Waals surface area contributed by atoms with Crippen LogP contribution in [0.3, 0.4) is 0 Å². The van der Waals surface area contributed by atoms with Gasteiger partial charge in [0.2, 0.25) is 0 Å². The number of aryl methyl sites for hydroxylation is 3. The first-order chi connectivity index (χ1) is 12.8. The van der Waals surface area contributed by atoms with Crippen LogP contribution in [-0.4, -0.2) is 38.3 Å². The zero-order valence-electron chi connectivity index (χ0n) is 14.9. The van der Waals surface area contributed by atoms with Crippen molar-refractivity contribution < 1.29 is 0 Å². The van der Waals surface area contributed by atoms with E-state index in [-0.39, 0.29) is 11.6 Å². The van der Waals surface area contributed by atoms with Crippen LogP contribution in [0.15, 0.2) is 16.9 Å². The molecule has 7 heteroatoms. The Bertz CT molecular complexity index is 896. The molecule has 26 heavy (non-hydrogen) atoms. The minimum Gasteiger partial charge on any atom is -0.350 e. The Morgan fingerprint density at radius 2 is 2.04 bits per heavy atom. The topological polar surface area (TPSA) is 63.9 Å². The highest BCUT2D eigenvalue weighted by Crippen LogP contribution is 2.29. The number of fused-ring (bicyclic) bond motifs is 2. The molecule has 0 saturated carbocycles. The lowest BCUT2D eigenvalue weighted by Crippen LogP contribution is -2.38. The van der Waals surface area contributed by atoms with E-state index in [1.54, 1.807) is 10.7 Å². The molecule has 2 aromatic rings. The Kier molecular flexibility index (Phi) is 4.19. The van der Waals surface area contributed by atoms with Crippen molar-refractivity contribution in [3.63, 3.8) is 0 Å². The van der Waals surface area contributed by atoms with Crippen LogP contribution in [0.1, 0.15) is 41.8 Å². The van der Waals surface area contributed by atoms with Crippen LogP contribution in [0.25, 0.3) is 0 Å². The standard InChI is InChI=1S/C19H23N5OS/c25-19-10-13-3-1-5-17(13)22-24(19)11-15-4-2-7-23(15)18-9-14-12-26-8-6-16(14)20-21-18/h9-10,15H,1-8,11-12H2. The van der Waals surface area contributed by atoms with E-state index in [9.17, 15) is 4.79 Å². The van der Waals surface area contributed by atoms with Crippen LogP contribution in [0, 0.1) is 0 Å². The van der Waals surface area contributed by atoms with Crippen molar-refractivity contribution in [1.82, 2.24) is 20.0 Å². The highest BCUT2D eigenvalue weighted by molar-refractivity contribution is 7.98. The summed E-state index contributed by atoms with van der Waals surface area (Å²) < 4.78 is 1.68. The van der Waals surface area contributed by atoms with E-state index < -0.39 is 0 Å². The van der Waals surface area contributed by atoms with Crippen LogP contribution >= 0.6 is 11.8 Å². The van der Waals surface area contributed by atoms with E-state index >= 15 is 0 Å². The largest absolute Gasteiger partial charge is 0.350 e. The lowest BCUT2D eigenvalue weighted by Gasteiger charge is -2.27. The molecule has 2 aliphatic heterocycles. The lowest BCUT2D eigenvalue weighted by atomic mass is 10.1. The van der Waals surface area contributed by atoms with Crippen LogP contribution in [0.2, 0.25) is 0 Å². The fourth-order valence-electron chi connectivity index (χ4n) is 4.37. The van der Waals surface area contributed by atoms with Crippen molar-refractivity contribution in [3.05, 3.63) is 45.0 Å². The lowest BCUT2D eigenvalue weighted by molar-refractivity contribution is 0.481. The smallest absolute Gasteiger partial charge is 0.267 e. The van der Waals surface area contributed by atoms with Gasteiger partial charge >= 0.3 is 0 Å². The van der Waals surface area contributed by atoms with Crippen molar-refractivity contribution in [1.29, 1.82) is 0 Å². The minimum absolute atomic E-state index is 0.0328. The summed E-state index contributed by atoms with van der Waals surface area (Å²) in [6.45, 7) is 1.62. The highest BCUT2D eigenvalue weighted by atomic mass is 32.2. The quantitative estimate of drug-likeness (QED) is 0.824. The average Bonchev–Trinajstić information content (AvgIpc) is 3.31. The summed E-state index contributed by atoms with van der Waals surface area (Å²) in [6.07, 6.45) is 6.32. The monoisotopic (exact) mass is 369 g/mol. The van der Waals surface area contributed by atoms with E-state index in [0.717, 1.165) is 79.3 Å². The normalized spacial score (nSPS) is 21.7. The second-order valence-corrected chi connectivity index (χ2v) is 8.56. The van der Waals surface area contributed by atoms with Crippen molar-refractivity contribution in [2.45, 2.75) is 56.9 Å². The molecule has 1 saturated heterocycles. The van der Waals surface area contributed by atoms with Gasteiger partial charge in [0.05, 0.1) is 24.0 Å². The maximum absolute atomic E-state index is 12.5. The maximum Gasteiger partial charge on any atom is 0.267 e. The fourth-order valence-corrected chi connectivity index (χ4v) is 5.32. The first kappa shape index (κ1) is 16.3. The van der Waals surface area contributed by atoms with Gasteiger partial charge in [-0.25, -0.2) is 4.68 Å². The molecule has 3 aliphatic rings. The Balaban J connectivity index is 1.40. The highest BCUT2D eigenvalue weighted by Gasteiger charge is 2.28. The summed E-state index contributed by atoms with van der Waals surface area (Å²) in [7, 11) is 0. The van der Waals surface area contributed by atoms with Gasteiger partial charge in [-0.05, 0) is 55.1 Å². The molecule has 0 amide bonds. The number of nitrogens with zero attached hydrogens (tertiary/aromatic N) is 5. The molecule has 136 valence electrons. The fraction of sp³-hybridized carbons (Fsp3) is 0.579. The van der Waals surface area contributed by atoms with Crippen molar-refractivity contribution >= 4 is 17.6 Å². The number of hydrogen-bond donors (Lipinski definition) is 0. The second kappa shape index (κ2) is 6.68. The zero-order chi connectivity index (χ0) is 17.5. The van der Waals surface area contributed by atoms with Gasteiger partial charge in [0.25, 0.3) is 5.56 Å². The molecular weight excluding hydrogens is 346 g/mol. The molecule has 1 atom stereocenters. The molecule has 0 aromatic carbocycles. The van der Waals surface area contributed by atoms with Gasteiger partial charge in [-0.3, -0.25) is 4.79 Å². The molecule has 5 rings (SSSR count). The van der Waals surface area contributed by atoms with E-state index in [1.807, 2.05) is 11.8 Å². The predicted octanol–water partition coefficient (Wildman–Crippen LogP) is 1.98. The third-order valence-electron chi connectivity index (χ3n) is 5.77. The molecule has 1 fully saturated rings. The van der Waals surface area contributed by atoms with E-state index in [1.165, 1.54) is 5.56 Å². The molecular formula is C19H23N5OS. The number of thioether (sulfide) groups is 1. The Hall–Kier alpha value is -1.89. The first-order valence-corrected chi connectivity index (χ1v) is 10.7. The van der Waals surface area contributed by atoms with Crippen molar-refractivity contribution in [3.8, 4) is 0 Å². The Labute approximate surface area is 157 Å². The van der Waals surface area contributed by atoms with Crippen LogP contribution in [0.4, 0.5) is 5.82 Å². The third-order valence-corrected chi connectivity index (χ3v) is 6.77. The zero-order valence-corrected chi connectivity index (χ0v) is 15.7. The molecule has 0 spiro atoms. The van der Waals surface area contributed by atoms with Gasteiger partial charge < -0.3 is 4.90 Å². The maximum atomic E-state index is 12.5. The molecule has 1 aliphatic carbocycles. The molecule has 0 radical (unpaired) electrons. The Morgan fingerprint density at radius 1 is 1.08 bits per heavy atom. The number of hydrogen-bond acceptors (Lipinski definition) is 6. The van der Waals surface area contributed by atoms with Gasteiger partial charge in [-0.2, -0.15) is 22.0 Å². The second-order valence-electron chi connectivity index (χ2n) is 7.46. The molecule has 2 aromatic heterocycles.